The fourth-order valence-electron chi connectivity index (χ4n) is 3.95. The quantitative estimate of drug-likeness (QED) is 0.597. The van der Waals surface area contributed by atoms with Crippen LogP contribution in [0.3, 0.4) is 0 Å². The van der Waals surface area contributed by atoms with E-state index in [9.17, 15) is 14.9 Å². The minimum absolute atomic E-state index is 0.182. The average Bonchev–Trinajstić information content (AvgIpc) is 2.91. The van der Waals surface area contributed by atoms with Crippen molar-refractivity contribution in [1.82, 2.24) is 14.9 Å². The maximum atomic E-state index is 12.9. The second-order valence-electron chi connectivity index (χ2n) is 7.99. The molecule has 0 saturated carbocycles. The average molecular weight is 436 g/mol. The van der Waals surface area contributed by atoms with E-state index in [0.717, 1.165) is 31.2 Å². The van der Waals surface area contributed by atoms with Gasteiger partial charge in [0.05, 0.1) is 29.1 Å². The Labute approximate surface area is 184 Å². The van der Waals surface area contributed by atoms with Crippen LogP contribution in [0.5, 0.6) is 0 Å². The molecule has 0 aliphatic heterocycles. The van der Waals surface area contributed by atoms with Gasteiger partial charge in [0.15, 0.2) is 0 Å². The number of thiophene rings is 1. The summed E-state index contributed by atoms with van der Waals surface area (Å²) in [5.41, 5.74) is 2.17. The lowest BCUT2D eigenvalue weighted by molar-refractivity contribution is -0.120. The molecule has 0 radical (unpaired) electrons. The highest BCUT2D eigenvalue weighted by atomic mass is 32.1. The van der Waals surface area contributed by atoms with Gasteiger partial charge in [-0.15, -0.1) is 11.3 Å². The SMILES string of the molecule is C[C@@H](C(=O)Nc1sc2c(c1C#N)CCCCC2)N(C)Cc1nc2ccccc2c(=O)[nH]1. The molecule has 4 rings (SSSR count). The predicted octanol–water partition coefficient (Wildman–Crippen LogP) is 3.58. The molecular weight excluding hydrogens is 410 g/mol. The number of fused-ring (bicyclic) bond motifs is 2. The number of para-hydroxylation sites is 1. The van der Waals surface area contributed by atoms with Crippen LogP contribution in [-0.2, 0) is 24.2 Å². The summed E-state index contributed by atoms with van der Waals surface area (Å²) >= 11 is 1.53. The van der Waals surface area contributed by atoms with Gasteiger partial charge >= 0.3 is 0 Å². The van der Waals surface area contributed by atoms with Crippen LogP contribution in [0.2, 0.25) is 0 Å². The van der Waals surface area contributed by atoms with Crippen LogP contribution in [0.4, 0.5) is 5.00 Å². The second-order valence-corrected chi connectivity index (χ2v) is 9.10. The first-order valence-electron chi connectivity index (χ1n) is 10.5. The molecule has 1 amide bonds. The predicted molar refractivity (Wildman–Crippen MR) is 122 cm³/mol. The van der Waals surface area contributed by atoms with Crippen LogP contribution in [0.15, 0.2) is 29.1 Å². The van der Waals surface area contributed by atoms with Gasteiger partial charge in [0.1, 0.15) is 16.9 Å². The van der Waals surface area contributed by atoms with Crippen molar-refractivity contribution in [2.24, 2.45) is 0 Å². The van der Waals surface area contributed by atoms with Gasteiger partial charge in [-0.3, -0.25) is 14.5 Å². The van der Waals surface area contributed by atoms with Gasteiger partial charge in [0, 0.05) is 4.88 Å². The first kappa shape index (κ1) is 21.2. The maximum absolute atomic E-state index is 12.9. The number of anilines is 1. The molecule has 0 fully saturated rings. The van der Waals surface area contributed by atoms with Crippen LogP contribution in [0.1, 0.15) is 48.0 Å². The Morgan fingerprint density at radius 2 is 2.10 bits per heavy atom. The Morgan fingerprint density at radius 1 is 1.32 bits per heavy atom. The van der Waals surface area contributed by atoms with Gasteiger partial charge in [0.25, 0.3) is 5.56 Å². The summed E-state index contributed by atoms with van der Waals surface area (Å²) in [6, 6.07) is 9.01. The van der Waals surface area contributed by atoms with Gasteiger partial charge in [-0.1, -0.05) is 18.6 Å². The van der Waals surface area contributed by atoms with Crippen molar-refractivity contribution in [2.75, 3.05) is 12.4 Å². The van der Waals surface area contributed by atoms with E-state index in [1.54, 1.807) is 25.1 Å². The van der Waals surface area contributed by atoms with E-state index in [4.69, 9.17) is 0 Å². The number of aromatic nitrogens is 2. The number of benzene rings is 1. The smallest absolute Gasteiger partial charge is 0.258 e. The molecule has 0 saturated heterocycles. The molecule has 31 heavy (non-hydrogen) atoms. The van der Waals surface area contributed by atoms with Crippen LogP contribution in [0.25, 0.3) is 10.9 Å². The molecule has 2 heterocycles. The fraction of sp³-hybridized carbons (Fsp3) is 0.391. The summed E-state index contributed by atoms with van der Waals surface area (Å²) in [6.07, 6.45) is 5.27. The van der Waals surface area contributed by atoms with E-state index in [0.29, 0.717) is 33.8 Å². The zero-order valence-electron chi connectivity index (χ0n) is 17.7. The van der Waals surface area contributed by atoms with Gasteiger partial charge < -0.3 is 10.3 Å². The number of H-pyrrole nitrogens is 1. The van der Waals surface area contributed by atoms with Crippen molar-refractivity contribution < 1.29 is 4.79 Å². The third kappa shape index (κ3) is 4.38. The van der Waals surface area contributed by atoms with E-state index in [-0.39, 0.29) is 11.5 Å². The maximum Gasteiger partial charge on any atom is 0.258 e. The number of amides is 1. The molecule has 0 spiro atoms. The van der Waals surface area contributed by atoms with Crippen LogP contribution in [-0.4, -0.2) is 33.9 Å². The van der Waals surface area contributed by atoms with Crippen molar-refractivity contribution in [3.63, 3.8) is 0 Å². The number of carbonyl (C=O) groups excluding carboxylic acids is 1. The van der Waals surface area contributed by atoms with Crippen molar-refractivity contribution >= 4 is 33.1 Å². The zero-order valence-corrected chi connectivity index (χ0v) is 18.5. The summed E-state index contributed by atoms with van der Waals surface area (Å²) in [7, 11) is 1.81. The summed E-state index contributed by atoms with van der Waals surface area (Å²) in [5.74, 6) is 0.324. The first-order valence-corrected chi connectivity index (χ1v) is 11.3. The third-order valence-corrected chi connectivity index (χ3v) is 7.08. The highest BCUT2D eigenvalue weighted by Gasteiger charge is 2.24. The third-order valence-electron chi connectivity index (χ3n) is 5.87. The Kier molecular flexibility index (Phi) is 6.16. The molecule has 7 nitrogen and oxygen atoms in total. The Hall–Kier alpha value is -3.02. The lowest BCUT2D eigenvalue weighted by Crippen LogP contribution is -2.39. The number of nitriles is 1. The van der Waals surface area contributed by atoms with E-state index in [1.165, 1.54) is 22.6 Å². The number of aromatic amines is 1. The highest BCUT2D eigenvalue weighted by molar-refractivity contribution is 7.16. The van der Waals surface area contributed by atoms with Crippen molar-refractivity contribution in [1.29, 1.82) is 5.26 Å². The summed E-state index contributed by atoms with van der Waals surface area (Å²) in [4.78, 5) is 35.6. The number of rotatable bonds is 5. The lowest BCUT2D eigenvalue weighted by Gasteiger charge is -2.23. The number of carbonyl (C=O) groups is 1. The summed E-state index contributed by atoms with van der Waals surface area (Å²) in [5, 5.41) is 13.8. The molecule has 2 N–H and O–H groups in total. The molecule has 0 unspecified atom stereocenters. The van der Waals surface area contributed by atoms with Gasteiger partial charge in [-0.05, 0) is 57.4 Å². The molecule has 160 valence electrons. The van der Waals surface area contributed by atoms with Gasteiger partial charge in [-0.2, -0.15) is 5.26 Å². The number of hydrogen-bond donors (Lipinski definition) is 2. The highest BCUT2D eigenvalue weighted by Crippen LogP contribution is 2.37. The van der Waals surface area contributed by atoms with Crippen LogP contribution in [0, 0.1) is 11.3 Å². The fourth-order valence-corrected chi connectivity index (χ4v) is 5.19. The molecule has 3 aromatic rings. The topological polar surface area (TPSA) is 102 Å². The molecule has 1 aliphatic rings. The minimum Gasteiger partial charge on any atom is -0.315 e. The first-order chi connectivity index (χ1) is 15.0. The van der Waals surface area contributed by atoms with E-state index < -0.39 is 6.04 Å². The summed E-state index contributed by atoms with van der Waals surface area (Å²) < 4.78 is 0. The number of nitrogens with one attached hydrogen (secondary N) is 2. The van der Waals surface area contributed by atoms with Crippen molar-refractivity contribution in [3.05, 3.63) is 56.4 Å². The molecule has 8 heteroatoms. The lowest BCUT2D eigenvalue weighted by atomic mass is 10.1. The Bertz CT molecular complexity index is 1220. The normalized spacial score (nSPS) is 14.6. The minimum atomic E-state index is -0.467. The zero-order chi connectivity index (χ0) is 22.0. The molecule has 1 aliphatic carbocycles. The molecule has 1 aromatic carbocycles. The Morgan fingerprint density at radius 3 is 2.90 bits per heavy atom. The van der Waals surface area contributed by atoms with Crippen molar-refractivity contribution in [3.8, 4) is 6.07 Å². The molecule has 1 atom stereocenters. The number of nitrogens with zero attached hydrogens (tertiary/aromatic N) is 3. The van der Waals surface area contributed by atoms with Gasteiger partial charge in [0.2, 0.25) is 5.91 Å². The van der Waals surface area contributed by atoms with Crippen molar-refractivity contribution in [2.45, 2.75) is 51.6 Å². The van der Waals surface area contributed by atoms with E-state index in [2.05, 4.69) is 21.4 Å². The van der Waals surface area contributed by atoms with E-state index >= 15 is 0 Å². The summed E-state index contributed by atoms with van der Waals surface area (Å²) in [6.45, 7) is 2.12. The molecule has 2 aromatic heterocycles. The standard InChI is InChI=1S/C23H25N5O2S/c1-14(28(2)13-20-25-18-10-7-6-9-16(18)22(30)26-20)21(29)27-23-17(12-24)15-8-4-3-5-11-19(15)31-23/h6-7,9-10,14H,3-5,8,11,13H2,1-2H3,(H,27,29)(H,25,26,30)/t14-/m0/s1. The molecule has 0 bridgehead atoms. The van der Waals surface area contributed by atoms with Crippen LogP contribution < -0.4 is 10.9 Å². The largest absolute Gasteiger partial charge is 0.315 e. The molecular formula is C23H25N5O2S. The number of aryl methyl sites for hydroxylation is 1. The Balaban J connectivity index is 1.49. The monoisotopic (exact) mass is 435 g/mol. The second kappa shape index (κ2) is 9.00. The van der Waals surface area contributed by atoms with E-state index in [1.807, 2.05) is 18.0 Å². The van der Waals surface area contributed by atoms with Gasteiger partial charge in [-0.25, -0.2) is 4.98 Å². The number of hydrogen-bond acceptors (Lipinski definition) is 6. The van der Waals surface area contributed by atoms with Crippen LogP contribution >= 0.6 is 11.3 Å². The number of likely N-dealkylation sites (N-methyl/N-ethyl adjacent to an activating group) is 1.